The van der Waals surface area contributed by atoms with Crippen LogP contribution in [0.3, 0.4) is 0 Å². The van der Waals surface area contributed by atoms with Crippen LogP contribution in [-0.4, -0.2) is 49.1 Å². The number of aromatic nitrogens is 2. The van der Waals surface area contributed by atoms with Crippen LogP contribution in [0.2, 0.25) is 0 Å². The molecule has 0 spiro atoms. The van der Waals surface area contributed by atoms with Gasteiger partial charge in [-0.1, -0.05) is 29.5 Å². The molecule has 2 heterocycles. The van der Waals surface area contributed by atoms with E-state index >= 15 is 0 Å². The van der Waals surface area contributed by atoms with Gasteiger partial charge in [0.05, 0.1) is 0 Å². The number of aryl methyl sites for hydroxylation is 2. The van der Waals surface area contributed by atoms with Gasteiger partial charge in [0.2, 0.25) is 4.34 Å². The first kappa shape index (κ1) is 15.4. The standard InChI is InChI=1S/C14H18N4O2S2/c1-11-5-3-4-6-13(11)17-7-9-18(10-8-17)22(19,20)14-16-15-12(2)21-14/h3-6H,7-10H2,1-2H3. The van der Waals surface area contributed by atoms with E-state index < -0.39 is 10.0 Å². The van der Waals surface area contributed by atoms with Crippen molar-refractivity contribution in [2.45, 2.75) is 18.2 Å². The summed E-state index contributed by atoms with van der Waals surface area (Å²) >= 11 is 1.12. The van der Waals surface area contributed by atoms with Gasteiger partial charge in [-0.25, -0.2) is 8.42 Å². The average molecular weight is 338 g/mol. The van der Waals surface area contributed by atoms with Crippen molar-refractivity contribution in [3.63, 3.8) is 0 Å². The van der Waals surface area contributed by atoms with Crippen LogP contribution in [0.1, 0.15) is 10.6 Å². The molecule has 0 atom stereocenters. The largest absolute Gasteiger partial charge is 0.369 e. The molecule has 1 aliphatic heterocycles. The molecule has 3 rings (SSSR count). The summed E-state index contributed by atoms with van der Waals surface area (Å²) in [7, 11) is -3.51. The Morgan fingerprint density at radius 3 is 2.32 bits per heavy atom. The van der Waals surface area contributed by atoms with Gasteiger partial charge in [0, 0.05) is 31.9 Å². The molecule has 1 saturated heterocycles. The zero-order valence-electron chi connectivity index (χ0n) is 12.6. The number of rotatable bonds is 3. The summed E-state index contributed by atoms with van der Waals surface area (Å²) in [6.45, 7) is 6.13. The second kappa shape index (κ2) is 5.94. The van der Waals surface area contributed by atoms with Crippen LogP contribution in [0.25, 0.3) is 0 Å². The van der Waals surface area contributed by atoms with E-state index in [0.29, 0.717) is 31.2 Å². The summed E-state index contributed by atoms with van der Waals surface area (Å²) in [5, 5.41) is 8.25. The molecule has 1 aliphatic rings. The number of benzene rings is 1. The summed E-state index contributed by atoms with van der Waals surface area (Å²) in [6, 6.07) is 8.17. The van der Waals surface area contributed by atoms with E-state index in [1.165, 1.54) is 15.6 Å². The van der Waals surface area contributed by atoms with Crippen molar-refractivity contribution < 1.29 is 8.42 Å². The Morgan fingerprint density at radius 2 is 1.73 bits per heavy atom. The highest BCUT2D eigenvalue weighted by molar-refractivity contribution is 7.91. The molecule has 8 heteroatoms. The Hall–Kier alpha value is -1.51. The SMILES string of the molecule is Cc1nnc(S(=O)(=O)N2CCN(c3ccccc3C)CC2)s1. The fraction of sp³-hybridized carbons (Fsp3) is 0.429. The van der Waals surface area contributed by atoms with Gasteiger partial charge in [-0.3, -0.25) is 0 Å². The van der Waals surface area contributed by atoms with Gasteiger partial charge in [-0.05, 0) is 25.5 Å². The number of hydrogen-bond donors (Lipinski definition) is 0. The molecule has 0 N–H and O–H groups in total. The van der Waals surface area contributed by atoms with Gasteiger partial charge in [0.1, 0.15) is 5.01 Å². The number of piperazine rings is 1. The summed E-state index contributed by atoms with van der Waals surface area (Å²) in [6.07, 6.45) is 0. The Bertz CT molecular complexity index is 765. The molecule has 22 heavy (non-hydrogen) atoms. The molecule has 0 bridgehead atoms. The summed E-state index contributed by atoms with van der Waals surface area (Å²) in [5.41, 5.74) is 2.38. The zero-order chi connectivity index (χ0) is 15.7. The van der Waals surface area contributed by atoms with E-state index in [1.807, 2.05) is 12.1 Å². The van der Waals surface area contributed by atoms with Crippen LogP contribution in [-0.2, 0) is 10.0 Å². The first-order chi connectivity index (χ1) is 10.5. The molecule has 0 aliphatic carbocycles. The molecule has 0 amide bonds. The van der Waals surface area contributed by atoms with Gasteiger partial charge in [-0.2, -0.15) is 4.31 Å². The Kier molecular flexibility index (Phi) is 4.16. The topological polar surface area (TPSA) is 66.4 Å². The van der Waals surface area contributed by atoms with E-state index in [9.17, 15) is 8.42 Å². The fourth-order valence-corrected chi connectivity index (χ4v) is 5.10. The Morgan fingerprint density at radius 1 is 1.05 bits per heavy atom. The van der Waals surface area contributed by atoms with Gasteiger partial charge in [-0.15, -0.1) is 10.2 Å². The fourth-order valence-electron chi connectivity index (χ4n) is 2.58. The maximum Gasteiger partial charge on any atom is 0.272 e. The van der Waals surface area contributed by atoms with Gasteiger partial charge < -0.3 is 4.90 Å². The number of sulfonamides is 1. The zero-order valence-corrected chi connectivity index (χ0v) is 14.2. The molecule has 6 nitrogen and oxygen atoms in total. The van der Waals surface area contributed by atoms with E-state index in [4.69, 9.17) is 0 Å². The minimum atomic E-state index is -3.51. The van der Waals surface area contributed by atoms with E-state index in [0.717, 1.165) is 11.3 Å². The smallest absolute Gasteiger partial charge is 0.272 e. The van der Waals surface area contributed by atoms with E-state index in [2.05, 4.69) is 34.2 Å². The van der Waals surface area contributed by atoms with Crippen molar-refractivity contribution in [3.8, 4) is 0 Å². The third kappa shape index (κ3) is 2.86. The molecule has 0 saturated carbocycles. The highest BCUT2D eigenvalue weighted by Gasteiger charge is 2.31. The second-order valence-electron chi connectivity index (χ2n) is 5.26. The van der Waals surface area contributed by atoms with Gasteiger partial charge >= 0.3 is 0 Å². The van der Waals surface area contributed by atoms with E-state index in [-0.39, 0.29) is 4.34 Å². The normalized spacial score (nSPS) is 16.9. The highest BCUT2D eigenvalue weighted by Crippen LogP contribution is 2.24. The molecule has 0 unspecified atom stereocenters. The molecule has 1 aromatic carbocycles. The molecule has 118 valence electrons. The second-order valence-corrected chi connectivity index (χ2v) is 8.56. The minimum absolute atomic E-state index is 0.0920. The lowest BCUT2D eigenvalue weighted by atomic mass is 10.1. The third-order valence-corrected chi connectivity index (χ3v) is 6.85. The first-order valence-electron chi connectivity index (χ1n) is 7.09. The first-order valence-corrected chi connectivity index (χ1v) is 9.35. The van der Waals surface area contributed by atoms with Crippen LogP contribution in [0.5, 0.6) is 0 Å². The van der Waals surface area contributed by atoms with Crippen LogP contribution in [0, 0.1) is 13.8 Å². The molecule has 1 fully saturated rings. The lowest BCUT2D eigenvalue weighted by Crippen LogP contribution is -2.48. The number of nitrogens with zero attached hydrogens (tertiary/aromatic N) is 4. The van der Waals surface area contributed by atoms with Crippen LogP contribution >= 0.6 is 11.3 Å². The number of para-hydroxylation sites is 1. The van der Waals surface area contributed by atoms with Crippen LogP contribution in [0.15, 0.2) is 28.6 Å². The van der Waals surface area contributed by atoms with Crippen molar-refractivity contribution in [3.05, 3.63) is 34.8 Å². The Labute approximate surface area is 134 Å². The van der Waals surface area contributed by atoms with Crippen molar-refractivity contribution >= 4 is 27.0 Å². The van der Waals surface area contributed by atoms with E-state index in [1.54, 1.807) is 6.92 Å². The maximum absolute atomic E-state index is 12.5. The summed E-state index contributed by atoms with van der Waals surface area (Å²) in [4.78, 5) is 2.23. The number of anilines is 1. The van der Waals surface area contributed by atoms with Crippen LogP contribution < -0.4 is 4.90 Å². The average Bonchev–Trinajstić information content (AvgIpc) is 2.95. The Balaban J connectivity index is 1.73. The summed E-state index contributed by atoms with van der Waals surface area (Å²) in [5.74, 6) is 0. The molecule has 0 radical (unpaired) electrons. The van der Waals surface area contributed by atoms with Crippen molar-refractivity contribution in [1.29, 1.82) is 0 Å². The van der Waals surface area contributed by atoms with Crippen molar-refractivity contribution in [1.82, 2.24) is 14.5 Å². The quantitative estimate of drug-likeness (QED) is 0.852. The third-order valence-electron chi connectivity index (χ3n) is 3.76. The number of hydrogen-bond acceptors (Lipinski definition) is 6. The molecule has 2 aromatic rings. The van der Waals surface area contributed by atoms with Gasteiger partial charge in [0.25, 0.3) is 10.0 Å². The van der Waals surface area contributed by atoms with Crippen molar-refractivity contribution in [2.75, 3.05) is 31.1 Å². The lowest BCUT2D eigenvalue weighted by molar-refractivity contribution is 0.384. The predicted molar refractivity (Wildman–Crippen MR) is 86.8 cm³/mol. The van der Waals surface area contributed by atoms with Crippen LogP contribution in [0.4, 0.5) is 5.69 Å². The summed E-state index contributed by atoms with van der Waals surface area (Å²) < 4.78 is 26.6. The lowest BCUT2D eigenvalue weighted by Gasteiger charge is -2.35. The molecule has 1 aromatic heterocycles. The van der Waals surface area contributed by atoms with Gasteiger partial charge in [0.15, 0.2) is 0 Å². The highest BCUT2D eigenvalue weighted by atomic mass is 32.2. The molecular weight excluding hydrogens is 320 g/mol. The molecular formula is C14H18N4O2S2. The maximum atomic E-state index is 12.5. The minimum Gasteiger partial charge on any atom is -0.369 e. The van der Waals surface area contributed by atoms with Crippen molar-refractivity contribution in [2.24, 2.45) is 0 Å². The monoisotopic (exact) mass is 338 g/mol. The predicted octanol–water partition coefficient (Wildman–Crippen LogP) is 1.67.